The second-order valence-electron chi connectivity index (χ2n) is 4.41. The van der Waals surface area contributed by atoms with E-state index in [2.05, 4.69) is 5.32 Å². The molecular weight excluding hydrogens is 290 g/mol. The van der Waals surface area contributed by atoms with Crippen molar-refractivity contribution < 1.29 is 17.9 Å². The normalized spacial score (nSPS) is 21.0. The second kappa shape index (κ2) is 5.79. The molecule has 7 heteroatoms. The zero-order valence-corrected chi connectivity index (χ0v) is 11.7. The molecule has 1 aliphatic heterocycles. The minimum atomic E-state index is -2.98. The van der Waals surface area contributed by atoms with E-state index in [9.17, 15) is 13.2 Å². The van der Waals surface area contributed by atoms with Crippen molar-refractivity contribution in [1.82, 2.24) is 5.32 Å². The molecule has 1 saturated heterocycles. The van der Waals surface area contributed by atoms with Crippen molar-refractivity contribution in [1.29, 1.82) is 0 Å². The highest BCUT2D eigenvalue weighted by Gasteiger charge is 2.28. The lowest BCUT2D eigenvalue weighted by Crippen LogP contribution is -2.38. The van der Waals surface area contributed by atoms with E-state index in [1.807, 2.05) is 0 Å². The van der Waals surface area contributed by atoms with Crippen LogP contribution in [0.1, 0.15) is 6.42 Å². The molecule has 0 aromatic heterocycles. The highest BCUT2D eigenvalue weighted by atomic mass is 35.5. The molecule has 0 spiro atoms. The summed E-state index contributed by atoms with van der Waals surface area (Å²) < 4.78 is 27.7. The SMILES string of the molecule is O=C(COc1ccc(Cl)cc1)N[C@H]1CCS(=O)(=O)C1. The van der Waals surface area contributed by atoms with Crippen molar-refractivity contribution >= 4 is 27.3 Å². The molecule has 1 N–H and O–H groups in total. The van der Waals surface area contributed by atoms with E-state index in [-0.39, 0.29) is 30.1 Å². The number of ether oxygens (including phenoxy) is 1. The molecule has 0 bridgehead atoms. The Kier molecular flexibility index (Phi) is 4.31. The van der Waals surface area contributed by atoms with E-state index in [1.165, 1.54) is 0 Å². The Bertz CT molecular complexity index is 556. The number of hydrogen-bond acceptors (Lipinski definition) is 4. The van der Waals surface area contributed by atoms with Gasteiger partial charge in [-0.2, -0.15) is 0 Å². The minimum absolute atomic E-state index is 0.0136. The van der Waals surface area contributed by atoms with Crippen LogP contribution in [0.5, 0.6) is 5.75 Å². The lowest BCUT2D eigenvalue weighted by molar-refractivity contribution is -0.123. The molecule has 0 aliphatic carbocycles. The average Bonchev–Trinajstić information content (AvgIpc) is 2.68. The van der Waals surface area contributed by atoms with Crippen molar-refractivity contribution in [3.05, 3.63) is 29.3 Å². The Balaban J connectivity index is 1.77. The summed E-state index contributed by atoms with van der Waals surface area (Å²) >= 11 is 5.72. The molecule has 19 heavy (non-hydrogen) atoms. The van der Waals surface area contributed by atoms with Gasteiger partial charge in [-0.1, -0.05) is 11.6 Å². The number of carbonyl (C=O) groups is 1. The van der Waals surface area contributed by atoms with E-state index in [1.54, 1.807) is 24.3 Å². The number of rotatable bonds is 4. The van der Waals surface area contributed by atoms with Gasteiger partial charge < -0.3 is 10.1 Å². The minimum Gasteiger partial charge on any atom is -0.484 e. The van der Waals surface area contributed by atoms with Gasteiger partial charge in [-0.15, -0.1) is 0 Å². The molecule has 1 aliphatic rings. The fourth-order valence-corrected chi connectivity index (χ4v) is 3.66. The molecule has 1 amide bonds. The van der Waals surface area contributed by atoms with Gasteiger partial charge in [0.05, 0.1) is 11.5 Å². The van der Waals surface area contributed by atoms with Crippen molar-refractivity contribution in [3.63, 3.8) is 0 Å². The third-order valence-corrected chi connectivity index (χ3v) is 4.80. The van der Waals surface area contributed by atoms with Gasteiger partial charge in [-0.25, -0.2) is 8.42 Å². The second-order valence-corrected chi connectivity index (χ2v) is 7.08. The summed E-state index contributed by atoms with van der Waals surface area (Å²) in [6.45, 7) is -0.141. The van der Waals surface area contributed by atoms with Crippen molar-refractivity contribution in [2.75, 3.05) is 18.1 Å². The van der Waals surface area contributed by atoms with Gasteiger partial charge in [0, 0.05) is 11.1 Å². The maximum absolute atomic E-state index is 11.6. The predicted molar refractivity (Wildman–Crippen MR) is 72.1 cm³/mol. The molecule has 1 fully saturated rings. The number of sulfone groups is 1. The maximum atomic E-state index is 11.6. The largest absolute Gasteiger partial charge is 0.484 e. The highest BCUT2D eigenvalue weighted by molar-refractivity contribution is 7.91. The number of amides is 1. The summed E-state index contributed by atoms with van der Waals surface area (Å²) in [5.41, 5.74) is 0. The Morgan fingerprint density at radius 1 is 1.37 bits per heavy atom. The summed E-state index contributed by atoms with van der Waals surface area (Å²) in [5.74, 6) is 0.367. The summed E-state index contributed by atoms with van der Waals surface area (Å²) in [5, 5.41) is 3.24. The fourth-order valence-electron chi connectivity index (χ4n) is 1.86. The van der Waals surface area contributed by atoms with Crippen LogP contribution in [0.25, 0.3) is 0 Å². The van der Waals surface area contributed by atoms with Gasteiger partial charge in [-0.3, -0.25) is 4.79 Å². The smallest absolute Gasteiger partial charge is 0.258 e. The molecule has 1 aromatic rings. The number of nitrogens with one attached hydrogen (secondary N) is 1. The monoisotopic (exact) mass is 303 g/mol. The number of benzene rings is 1. The first-order valence-corrected chi connectivity index (χ1v) is 8.03. The summed E-state index contributed by atoms with van der Waals surface area (Å²) in [6, 6.07) is 6.36. The van der Waals surface area contributed by atoms with Crippen molar-refractivity contribution in [2.24, 2.45) is 0 Å². The Labute approximate surface area is 116 Å². The van der Waals surface area contributed by atoms with E-state index in [0.717, 1.165) is 0 Å². The molecule has 0 unspecified atom stereocenters. The molecule has 2 rings (SSSR count). The summed E-state index contributed by atoms with van der Waals surface area (Å²) in [4.78, 5) is 11.6. The van der Waals surface area contributed by atoms with Gasteiger partial charge in [0.25, 0.3) is 5.91 Å². The summed E-state index contributed by atoms with van der Waals surface area (Å²) in [6.07, 6.45) is 0.467. The van der Waals surface area contributed by atoms with Crippen LogP contribution < -0.4 is 10.1 Å². The van der Waals surface area contributed by atoms with Crippen LogP contribution in [-0.4, -0.2) is 38.5 Å². The van der Waals surface area contributed by atoms with Crippen LogP contribution in [0.4, 0.5) is 0 Å². The zero-order chi connectivity index (χ0) is 13.9. The first-order chi connectivity index (χ1) is 8.94. The number of halogens is 1. The van der Waals surface area contributed by atoms with Crippen LogP contribution in [0.3, 0.4) is 0 Å². The fraction of sp³-hybridized carbons (Fsp3) is 0.417. The molecular formula is C12H14ClNO4S. The molecule has 5 nitrogen and oxygen atoms in total. The Hall–Kier alpha value is -1.27. The topological polar surface area (TPSA) is 72.5 Å². The Morgan fingerprint density at radius 2 is 2.05 bits per heavy atom. The number of carbonyl (C=O) groups excluding carboxylic acids is 1. The van der Waals surface area contributed by atoms with Gasteiger partial charge in [0.1, 0.15) is 5.75 Å². The third-order valence-electron chi connectivity index (χ3n) is 2.78. The molecule has 1 aromatic carbocycles. The molecule has 1 heterocycles. The van der Waals surface area contributed by atoms with Crippen molar-refractivity contribution in [2.45, 2.75) is 12.5 Å². The van der Waals surface area contributed by atoms with E-state index in [0.29, 0.717) is 17.2 Å². The molecule has 104 valence electrons. The zero-order valence-electron chi connectivity index (χ0n) is 10.1. The quantitative estimate of drug-likeness (QED) is 0.901. The lowest BCUT2D eigenvalue weighted by Gasteiger charge is -2.11. The Morgan fingerprint density at radius 3 is 2.63 bits per heavy atom. The van der Waals surface area contributed by atoms with E-state index < -0.39 is 9.84 Å². The van der Waals surface area contributed by atoms with Gasteiger partial charge in [-0.05, 0) is 30.7 Å². The summed E-state index contributed by atoms with van der Waals surface area (Å²) in [7, 11) is -2.98. The lowest BCUT2D eigenvalue weighted by atomic mass is 10.2. The van der Waals surface area contributed by atoms with E-state index in [4.69, 9.17) is 16.3 Å². The highest BCUT2D eigenvalue weighted by Crippen LogP contribution is 2.15. The molecule has 0 radical (unpaired) electrons. The van der Waals surface area contributed by atoms with Crippen LogP contribution in [0.2, 0.25) is 5.02 Å². The van der Waals surface area contributed by atoms with Crippen LogP contribution in [0.15, 0.2) is 24.3 Å². The number of hydrogen-bond donors (Lipinski definition) is 1. The van der Waals surface area contributed by atoms with Crippen LogP contribution in [0, 0.1) is 0 Å². The average molecular weight is 304 g/mol. The van der Waals surface area contributed by atoms with Gasteiger partial charge >= 0.3 is 0 Å². The van der Waals surface area contributed by atoms with E-state index >= 15 is 0 Å². The van der Waals surface area contributed by atoms with Crippen LogP contribution >= 0.6 is 11.6 Å². The maximum Gasteiger partial charge on any atom is 0.258 e. The van der Waals surface area contributed by atoms with Crippen LogP contribution in [-0.2, 0) is 14.6 Å². The first-order valence-electron chi connectivity index (χ1n) is 5.83. The van der Waals surface area contributed by atoms with Gasteiger partial charge in [0.15, 0.2) is 16.4 Å². The third kappa shape index (κ3) is 4.40. The standard InChI is InChI=1S/C12H14ClNO4S/c13-9-1-3-11(4-2-9)18-7-12(15)14-10-5-6-19(16,17)8-10/h1-4,10H,5-8H2,(H,14,15)/t10-/m0/s1. The molecule has 1 atom stereocenters. The molecule has 0 saturated carbocycles. The van der Waals surface area contributed by atoms with Crippen molar-refractivity contribution in [3.8, 4) is 5.75 Å². The first kappa shape index (κ1) is 14.1. The van der Waals surface area contributed by atoms with Gasteiger partial charge in [0.2, 0.25) is 0 Å². The predicted octanol–water partition coefficient (Wildman–Crippen LogP) is 1.02.